The monoisotopic (exact) mass is 193 g/mol. The molecular formula is C5H11O2Zr. The van der Waals surface area contributed by atoms with Gasteiger partial charge in [0, 0.05) is 0 Å². The average molecular weight is 194 g/mol. The van der Waals surface area contributed by atoms with Gasteiger partial charge in [-0.25, -0.2) is 0 Å². The summed E-state index contributed by atoms with van der Waals surface area (Å²) in [6, 6.07) is 0. The zero-order chi connectivity index (χ0) is 6.41. The van der Waals surface area contributed by atoms with Gasteiger partial charge in [-0.3, -0.25) is 0 Å². The van der Waals surface area contributed by atoms with E-state index in [1.54, 1.807) is 0 Å². The zero-order valence-electron chi connectivity index (χ0n) is 5.14. The maximum absolute atomic E-state index is 10.0. The molecule has 0 unspecified atom stereocenters. The van der Waals surface area contributed by atoms with Crippen molar-refractivity contribution in [1.29, 1.82) is 0 Å². The first-order valence-corrected chi connectivity index (χ1v) is 6.71. The second-order valence-electron chi connectivity index (χ2n) is 1.83. The molecule has 8 heavy (non-hydrogen) atoms. The molecule has 0 fully saturated rings. The van der Waals surface area contributed by atoms with E-state index in [0.717, 1.165) is 19.3 Å². The molecule has 0 aromatic carbocycles. The second kappa shape index (κ2) is 5.62. The third-order valence-electron chi connectivity index (χ3n) is 0.984. The summed E-state index contributed by atoms with van der Waals surface area (Å²) in [4.78, 5) is 0. The van der Waals surface area contributed by atoms with Crippen LogP contribution in [0.5, 0.6) is 0 Å². The molecule has 0 rings (SSSR count). The first kappa shape index (κ1) is 8.48. The molecule has 2 nitrogen and oxygen atoms in total. The minimum atomic E-state index is -3.16. The molecule has 0 aliphatic heterocycles. The van der Waals surface area contributed by atoms with E-state index < -0.39 is 21.8 Å². The molecule has 0 bridgehead atoms. The van der Waals surface area contributed by atoms with Crippen molar-refractivity contribution in [3.63, 3.8) is 0 Å². The molecule has 47 valence electrons. The molecule has 0 N–H and O–H groups in total. The van der Waals surface area contributed by atoms with Crippen LogP contribution in [0.15, 0.2) is 0 Å². The Morgan fingerprint density at radius 2 is 1.88 bits per heavy atom. The third kappa shape index (κ3) is 6.48. The van der Waals surface area contributed by atoms with Crippen LogP contribution in [0.1, 0.15) is 26.2 Å². The van der Waals surface area contributed by atoms with Crippen LogP contribution in [-0.4, -0.2) is 0 Å². The fourth-order valence-electron chi connectivity index (χ4n) is 0.519. The van der Waals surface area contributed by atoms with Crippen molar-refractivity contribution < 1.29 is 27.4 Å². The van der Waals surface area contributed by atoms with Crippen molar-refractivity contribution in [1.82, 2.24) is 0 Å². The van der Waals surface area contributed by atoms with Gasteiger partial charge in [0.15, 0.2) is 0 Å². The van der Waals surface area contributed by atoms with E-state index in [-0.39, 0.29) is 0 Å². The summed E-state index contributed by atoms with van der Waals surface area (Å²) in [5.41, 5.74) is 0. The number of rotatable bonds is 4. The van der Waals surface area contributed by atoms with Gasteiger partial charge in [0.05, 0.1) is 0 Å². The zero-order valence-corrected chi connectivity index (χ0v) is 7.60. The van der Waals surface area contributed by atoms with Crippen molar-refractivity contribution >= 4 is 0 Å². The van der Waals surface area contributed by atoms with E-state index in [9.17, 15) is 5.63 Å². The van der Waals surface area contributed by atoms with E-state index in [2.05, 4.69) is 6.92 Å². The van der Waals surface area contributed by atoms with Crippen LogP contribution in [0, 0.1) is 0 Å². The third-order valence-corrected chi connectivity index (χ3v) is 2.86. The number of hydrogen-bond acceptors (Lipinski definition) is 2. The SMILES string of the molecule is CCCC[CH2][Zr](=[O])=[O]. The van der Waals surface area contributed by atoms with E-state index in [1.165, 1.54) is 0 Å². The molecule has 0 heterocycles. The van der Waals surface area contributed by atoms with Gasteiger partial charge in [-0.2, -0.15) is 0 Å². The summed E-state index contributed by atoms with van der Waals surface area (Å²) in [7, 11) is 0. The van der Waals surface area contributed by atoms with Crippen LogP contribution in [0.25, 0.3) is 0 Å². The number of unbranched alkanes of at least 4 members (excludes halogenated alkanes) is 2. The fourth-order valence-corrected chi connectivity index (χ4v) is 1.84. The van der Waals surface area contributed by atoms with E-state index in [4.69, 9.17) is 0 Å². The minimum absolute atomic E-state index is 0.496. The van der Waals surface area contributed by atoms with Crippen LogP contribution in [0.3, 0.4) is 0 Å². The molecule has 0 saturated carbocycles. The summed E-state index contributed by atoms with van der Waals surface area (Å²) in [6.45, 7) is 2.07. The Morgan fingerprint density at radius 1 is 1.25 bits per heavy atom. The van der Waals surface area contributed by atoms with Crippen LogP contribution >= 0.6 is 0 Å². The predicted molar refractivity (Wildman–Crippen MR) is 25.7 cm³/mol. The molecule has 0 radical (unpaired) electrons. The van der Waals surface area contributed by atoms with Gasteiger partial charge >= 0.3 is 57.7 Å². The van der Waals surface area contributed by atoms with Crippen LogP contribution in [-0.2, 0) is 27.4 Å². The molecule has 0 amide bonds. The molecule has 0 aliphatic rings. The van der Waals surface area contributed by atoms with Gasteiger partial charge in [-0.1, -0.05) is 0 Å². The van der Waals surface area contributed by atoms with Crippen LogP contribution in [0.2, 0.25) is 4.13 Å². The van der Waals surface area contributed by atoms with Gasteiger partial charge in [0.1, 0.15) is 0 Å². The van der Waals surface area contributed by atoms with E-state index >= 15 is 0 Å². The summed E-state index contributed by atoms with van der Waals surface area (Å²) in [6.07, 6.45) is 3.06. The molecule has 0 aromatic rings. The molecule has 0 atom stereocenters. The first-order valence-electron chi connectivity index (χ1n) is 2.97. The van der Waals surface area contributed by atoms with Gasteiger partial charge < -0.3 is 0 Å². The Bertz CT molecular complexity index is 99.0. The van der Waals surface area contributed by atoms with Gasteiger partial charge in [0.2, 0.25) is 0 Å². The summed E-state index contributed by atoms with van der Waals surface area (Å²) in [5, 5.41) is 0. The Hall–Kier alpha value is 0.483. The van der Waals surface area contributed by atoms with Crippen molar-refractivity contribution in [3.05, 3.63) is 0 Å². The first-order chi connectivity index (χ1) is 3.77. The normalized spacial score (nSPS) is 9.12. The topological polar surface area (TPSA) is 34.1 Å². The quantitative estimate of drug-likeness (QED) is 0.641. The second-order valence-corrected chi connectivity index (χ2v) is 4.89. The van der Waals surface area contributed by atoms with Crippen molar-refractivity contribution in [2.75, 3.05) is 0 Å². The molecule has 0 aromatic heterocycles. The van der Waals surface area contributed by atoms with Gasteiger partial charge in [-0.15, -0.1) is 0 Å². The molecule has 0 saturated heterocycles. The predicted octanol–water partition coefficient (Wildman–Crippen LogP) is 1.90. The summed E-state index contributed by atoms with van der Waals surface area (Å²) in [5.74, 6) is 0. The maximum atomic E-state index is 10.0. The molecule has 3 heteroatoms. The molecular weight excluding hydrogens is 183 g/mol. The molecule has 0 aliphatic carbocycles. The standard InChI is InChI=1S/C5H11.2O.Zr/c1-3-5-4-2;;;/h1,3-5H2,2H3;;;. The Kier molecular flexibility index (Phi) is 5.96. The summed E-state index contributed by atoms with van der Waals surface area (Å²) >= 11 is -3.16. The van der Waals surface area contributed by atoms with Gasteiger partial charge in [0.25, 0.3) is 0 Å². The van der Waals surface area contributed by atoms with Crippen LogP contribution in [0.4, 0.5) is 0 Å². The molecule has 0 spiro atoms. The van der Waals surface area contributed by atoms with Gasteiger partial charge in [-0.05, 0) is 0 Å². The van der Waals surface area contributed by atoms with Crippen molar-refractivity contribution in [2.45, 2.75) is 30.3 Å². The average Bonchev–Trinajstić information content (AvgIpc) is 1.66. The van der Waals surface area contributed by atoms with Crippen molar-refractivity contribution in [2.24, 2.45) is 0 Å². The Labute approximate surface area is 57.8 Å². The van der Waals surface area contributed by atoms with E-state index in [1.807, 2.05) is 0 Å². The van der Waals surface area contributed by atoms with E-state index in [0.29, 0.717) is 4.13 Å². The summed E-state index contributed by atoms with van der Waals surface area (Å²) < 4.78 is 20.6. The van der Waals surface area contributed by atoms with Crippen LogP contribution < -0.4 is 0 Å². The number of hydrogen-bond donors (Lipinski definition) is 0. The van der Waals surface area contributed by atoms with Crippen molar-refractivity contribution in [3.8, 4) is 0 Å². The Morgan fingerprint density at radius 3 is 2.25 bits per heavy atom. The fraction of sp³-hybridized carbons (Fsp3) is 1.00. The Balaban J connectivity index is 2.94.